The van der Waals surface area contributed by atoms with Gasteiger partial charge in [-0.1, -0.05) is 115 Å². The Morgan fingerprint density at radius 2 is 1.00 bits per heavy atom. The van der Waals surface area contributed by atoms with Crippen molar-refractivity contribution in [1.29, 1.82) is 0 Å². The number of fused-ring (bicyclic) bond motifs is 7. The van der Waals surface area contributed by atoms with E-state index in [4.69, 9.17) is 0 Å². The summed E-state index contributed by atoms with van der Waals surface area (Å²) in [6, 6.07) is 59.9. The van der Waals surface area contributed by atoms with Gasteiger partial charge >= 0.3 is 0 Å². The van der Waals surface area contributed by atoms with Crippen molar-refractivity contribution in [2.45, 2.75) is 0 Å². The Morgan fingerprint density at radius 1 is 0.341 bits per heavy atom. The summed E-state index contributed by atoms with van der Waals surface area (Å²) in [5.74, 6) is 0. The third-order valence-electron chi connectivity index (χ3n) is 8.79. The molecule has 0 unspecified atom stereocenters. The molecule has 0 saturated heterocycles. The maximum atomic E-state index is 2.45. The molecule has 0 spiro atoms. The first-order chi connectivity index (χ1) is 21.8. The highest BCUT2D eigenvalue weighted by Gasteiger charge is 2.19. The number of hydrogen-bond acceptors (Lipinski definition) is 2. The summed E-state index contributed by atoms with van der Waals surface area (Å²) in [7, 11) is 0. The molecule has 0 N–H and O–H groups in total. The Bertz CT molecular complexity index is 2520. The zero-order chi connectivity index (χ0) is 29.0. The molecule has 0 aliphatic heterocycles. The predicted molar refractivity (Wildman–Crippen MR) is 192 cm³/mol. The minimum absolute atomic E-state index is 1.13. The molecule has 0 bridgehead atoms. The summed E-state index contributed by atoms with van der Waals surface area (Å²) in [4.78, 5) is 2.45. The maximum absolute atomic E-state index is 2.45. The van der Waals surface area contributed by atoms with Gasteiger partial charge < -0.3 is 4.90 Å². The summed E-state index contributed by atoms with van der Waals surface area (Å²) < 4.78 is 2.63. The Labute approximate surface area is 259 Å². The molecule has 9 rings (SSSR count). The second-order valence-electron chi connectivity index (χ2n) is 11.4. The van der Waals surface area contributed by atoms with E-state index < -0.39 is 0 Å². The van der Waals surface area contributed by atoms with Gasteiger partial charge in [-0.2, -0.15) is 0 Å². The summed E-state index contributed by atoms with van der Waals surface area (Å²) in [5, 5.41) is 10.1. The summed E-state index contributed by atoms with van der Waals surface area (Å²) in [6.45, 7) is 0. The average Bonchev–Trinajstić information content (AvgIpc) is 3.46. The largest absolute Gasteiger partial charge is 0.310 e. The normalized spacial score (nSPS) is 11.6. The summed E-state index contributed by atoms with van der Waals surface area (Å²) in [5.41, 5.74) is 5.87. The fourth-order valence-electron chi connectivity index (χ4n) is 6.69. The van der Waals surface area contributed by atoms with Gasteiger partial charge in [-0.05, 0) is 86.6 Å². The maximum Gasteiger partial charge on any atom is 0.0546 e. The molecule has 0 atom stereocenters. The molecule has 1 nitrogen and oxygen atoms in total. The highest BCUT2D eigenvalue weighted by molar-refractivity contribution is 7.25. The molecule has 1 aromatic heterocycles. The van der Waals surface area contributed by atoms with Crippen molar-refractivity contribution < 1.29 is 0 Å². The van der Waals surface area contributed by atoms with Gasteiger partial charge in [0.25, 0.3) is 0 Å². The SMILES string of the molecule is c1cc(-c2ccc3ccccc3c2)cc(N(c2ccc3sc4ccccc4c3c2)c2cc3ccccc3c3ccccc23)c1. The second-order valence-corrected chi connectivity index (χ2v) is 12.5. The van der Waals surface area contributed by atoms with Gasteiger partial charge in [0.1, 0.15) is 0 Å². The number of rotatable bonds is 4. The lowest BCUT2D eigenvalue weighted by molar-refractivity contribution is 1.31. The van der Waals surface area contributed by atoms with Crippen molar-refractivity contribution in [3.8, 4) is 11.1 Å². The van der Waals surface area contributed by atoms with Gasteiger partial charge in [0.05, 0.1) is 5.69 Å². The molecule has 1 heterocycles. The highest BCUT2D eigenvalue weighted by Crippen LogP contribution is 2.45. The van der Waals surface area contributed by atoms with E-state index in [1.54, 1.807) is 0 Å². The molecule has 0 amide bonds. The quantitative estimate of drug-likeness (QED) is 0.188. The first kappa shape index (κ1) is 25.1. The van der Waals surface area contributed by atoms with Crippen LogP contribution in [0.5, 0.6) is 0 Å². The molecule has 0 aliphatic carbocycles. The third kappa shape index (κ3) is 4.07. The standard InChI is InChI=1S/C42H27NS/c1-2-11-29-24-31(21-20-28(29)10-1)30-13-9-14-33(25-30)43(34-22-23-42-39(27-34)38-18-7-8-19-41(38)44-42)40-26-32-12-3-4-15-35(32)36-16-5-6-17-37(36)40/h1-27H. The molecule has 0 radical (unpaired) electrons. The van der Waals surface area contributed by atoms with E-state index in [-0.39, 0.29) is 0 Å². The lowest BCUT2D eigenvalue weighted by Gasteiger charge is -2.28. The van der Waals surface area contributed by atoms with Crippen molar-refractivity contribution in [1.82, 2.24) is 0 Å². The first-order valence-corrected chi connectivity index (χ1v) is 15.8. The van der Waals surface area contributed by atoms with E-state index in [0.29, 0.717) is 0 Å². The number of benzene rings is 8. The number of nitrogens with zero attached hydrogens (tertiary/aromatic N) is 1. The van der Waals surface area contributed by atoms with E-state index in [1.807, 2.05) is 11.3 Å². The highest BCUT2D eigenvalue weighted by atomic mass is 32.1. The Hall–Kier alpha value is -5.44. The molecule has 8 aromatic carbocycles. The summed E-state index contributed by atoms with van der Waals surface area (Å²) >= 11 is 1.86. The fraction of sp³-hybridized carbons (Fsp3) is 0. The zero-order valence-electron chi connectivity index (χ0n) is 23.9. The van der Waals surface area contributed by atoms with Crippen LogP contribution in [0.2, 0.25) is 0 Å². The van der Waals surface area contributed by atoms with Crippen LogP contribution in [0.1, 0.15) is 0 Å². The summed E-state index contributed by atoms with van der Waals surface area (Å²) in [6.07, 6.45) is 0. The minimum atomic E-state index is 1.13. The first-order valence-electron chi connectivity index (χ1n) is 15.0. The van der Waals surface area contributed by atoms with Gasteiger partial charge in [0.2, 0.25) is 0 Å². The van der Waals surface area contributed by atoms with Crippen LogP contribution >= 0.6 is 11.3 Å². The number of anilines is 3. The fourth-order valence-corrected chi connectivity index (χ4v) is 7.78. The molecular weight excluding hydrogens is 551 g/mol. The Morgan fingerprint density at radius 3 is 1.89 bits per heavy atom. The second kappa shape index (κ2) is 10.1. The van der Waals surface area contributed by atoms with Gasteiger partial charge in [0.15, 0.2) is 0 Å². The Kier molecular flexibility index (Phi) is 5.75. The van der Waals surface area contributed by atoms with Crippen LogP contribution in [0.4, 0.5) is 17.1 Å². The zero-order valence-corrected chi connectivity index (χ0v) is 24.8. The van der Waals surface area contributed by atoms with Crippen molar-refractivity contribution in [3.63, 3.8) is 0 Å². The van der Waals surface area contributed by atoms with Crippen LogP contribution in [-0.4, -0.2) is 0 Å². The molecule has 44 heavy (non-hydrogen) atoms. The van der Waals surface area contributed by atoms with E-state index in [0.717, 1.165) is 11.4 Å². The predicted octanol–water partition coefficient (Wildman–Crippen LogP) is 12.7. The van der Waals surface area contributed by atoms with Crippen molar-refractivity contribution in [3.05, 3.63) is 164 Å². The van der Waals surface area contributed by atoms with Crippen molar-refractivity contribution in [2.75, 3.05) is 4.90 Å². The van der Waals surface area contributed by atoms with Crippen LogP contribution in [0, 0.1) is 0 Å². The van der Waals surface area contributed by atoms with E-state index >= 15 is 0 Å². The smallest absolute Gasteiger partial charge is 0.0546 e. The van der Waals surface area contributed by atoms with E-state index in [2.05, 4.69) is 169 Å². The molecule has 0 fully saturated rings. The number of thiophene rings is 1. The molecule has 0 aliphatic rings. The third-order valence-corrected chi connectivity index (χ3v) is 9.94. The minimum Gasteiger partial charge on any atom is -0.310 e. The average molecular weight is 578 g/mol. The van der Waals surface area contributed by atoms with Gasteiger partial charge in [-0.15, -0.1) is 11.3 Å². The Balaban J connectivity index is 1.31. The van der Waals surface area contributed by atoms with Crippen LogP contribution in [-0.2, 0) is 0 Å². The van der Waals surface area contributed by atoms with Crippen LogP contribution in [0.25, 0.3) is 63.6 Å². The van der Waals surface area contributed by atoms with E-state index in [1.165, 1.54) is 69.3 Å². The lowest BCUT2D eigenvalue weighted by atomic mass is 9.98. The molecule has 9 aromatic rings. The molecule has 0 saturated carbocycles. The lowest BCUT2D eigenvalue weighted by Crippen LogP contribution is -2.10. The number of hydrogen-bond donors (Lipinski definition) is 0. The van der Waals surface area contributed by atoms with Gasteiger partial charge in [0, 0.05) is 36.9 Å². The van der Waals surface area contributed by atoms with Crippen molar-refractivity contribution >= 4 is 80.9 Å². The van der Waals surface area contributed by atoms with E-state index in [9.17, 15) is 0 Å². The molecule has 206 valence electrons. The monoisotopic (exact) mass is 577 g/mol. The van der Waals surface area contributed by atoms with Gasteiger partial charge in [-0.3, -0.25) is 0 Å². The van der Waals surface area contributed by atoms with Crippen LogP contribution in [0.3, 0.4) is 0 Å². The molecule has 2 heteroatoms. The van der Waals surface area contributed by atoms with Crippen LogP contribution < -0.4 is 4.90 Å². The van der Waals surface area contributed by atoms with Gasteiger partial charge in [-0.25, -0.2) is 0 Å². The van der Waals surface area contributed by atoms with Crippen LogP contribution in [0.15, 0.2) is 164 Å². The molecular formula is C42H27NS. The van der Waals surface area contributed by atoms with Crippen molar-refractivity contribution in [2.24, 2.45) is 0 Å². The topological polar surface area (TPSA) is 3.24 Å².